The largest absolute Gasteiger partial charge is 0.399 e. The van der Waals surface area contributed by atoms with Gasteiger partial charge in [-0.25, -0.2) is 0 Å². The maximum Gasteiger partial charge on any atom is 0.0704 e. The van der Waals surface area contributed by atoms with E-state index in [2.05, 4.69) is 0 Å². The van der Waals surface area contributed by atoms with Crippen LogP contribution in [0, 0.1) is 6.92 Å². The highest BCUT2D eigenvalue weighted by Gasteiger charge is 2.12. The summed E-state index contributed by atoms with van der Waals surface area (Å²) >= 11 is 0. The van der Waals surface area contributed by atoms with Crippen LogP contribution < -0.4 is 11.5 Å². The predicted octanol–water partition coefficient (Wildman–Crippen LogP) is 0.958. The molecule has 0 heterocycles. The van der Waals surface area contributed by atoms with Crippen molar-refractivity contribution in [2.75, 3.05) is 5.73 Å². The Balaban J connectivity index is 2.97. The van der Waals surface area contributed by atoms with E-state index in [9.17, 15) is 5.11 Å². The molecule has 0 amide bonds. The number of aliphatic hydroxyl groups is 1. The van der Waals surface area contributed by atoms with Crippen LogP contribution in [-0.2, 0) is 0 Å². The van der Waals surface area contributed by atoms with Crippen molar-refractivity contribution in [3.05, 3.63) is 29.3 Å². The number of hydrogen-bond donors (Lipinski definition) is 3. The molecule has 72 valence electrons. The van der Waals surface area contributed by atoms with E-state index in [0.29, 0.717) is 5.69 Å². The van der Waals surface area contributed by atoms with Gasteiger partial charge in [-0.1, -0.05) is 12.1 Å². The number of rotatable bonds is 2. The van der Waals surface area contributed by atoms with Gasteiger partial charge in [0, 0.05) is 5.69 Å². The Morgan fingerprint density at radius 1 is 1.38 bits per heavy atom. The minimum Gasteiger partial charge on any atom is -0.399 e. The van der Waals surface area contributed by atoms with Crippen LogP contribution in [0.5, 0.6) is 0 Å². The molecule has 0 aliphatic rings. The summed E-state index contributed by atoms with van der Waals surface area (Å²) in [5, 5.41) is 9.27. The zero-order valence-electron chi connectivity index (χ0n) is 7.99. The molecule has 0 bridgehead atoms. The fourth-order valence-corrected chi connectivity index (χ4v) is 1.14. The molecule has 13 heavy (non-hydrogen) atoms. The summed E-state index contributed by atoms with van der Waals surface area (Å²) in [5.74, 6) is 0. The summed E-state index contributed by atoms with van der Waals surface area (Å²) in [7, 11) is 0. The van der Waals surface area contributed by atoms with Crippen LogP contribution in [-0.4, -0.2) is 11.2 Å². The summed E-state index contributed by atoms with van der Waals surface area (Å²) in [4.78, 5) is 0. The molecule has 1 aromatic rings. The highest BCUT2D eigenvalue weighted by molar-refractivity contribution is 5.49. The minimum absolute atomic E-state index is 0.358. The molecular formula is C10H16N2O. The average Bonchev–Trinajstić information content (AvgIpc) is 2.08. The lowest BCUT2D eigenvalue weighted by atomic mass is 10.0. The standard InChI is InChI=1S/C10H16N2O/c1-6-3-4-8(5-9(6)11)10(12)7(2)13/h3-5,7,10,13H,11-12H2,1-2H3. The van der Waals surface area contributed by atoms with Crippen LogP contribution in [0.4, 0.5) is 5.69 Å². The first kappa shape index (κ1) is 10.0. The van der Waals surface area contributed by atoms with Crippen LogP contribution in [0.1, 0.15) is 24.1 Å². The zero-order chi connectivity index (χ0) is 10.0. The third-order valence-corrected chi connectivity index (χ3v) is 2.21. The molecule has 0 fully saturated rings. The van der Waals surface area contributed by atoms with Gasteiger partial charge >= 0.3 is 0 Å². The second-order valence-corrected chi connectivity index (χ2v) is 3.38. The van der Waals surface area contributed by atoms with Crippen LogP contribution in [0.25, 0.3) is 0 Å². The van der Waals surface area contributed by atoms with Gasteiger partial charge < -0.3 is 16.6 Å². The van der Waals surface area contributed by atoms with E-state index in [0.717, 1.165) is 11.1 Å². The lowest BCUT2D eigenvalue weighted by molar-refractivity contribution is 0.164. The van der Waals surface area contributed by atoms with Crippen molar-refractivity contribution < 1.29 is 5.11 Å². The van der Waals surface area contributed by atoms with Gasteiger partial charge in [-0.2, -0.15) is 0 Å². The molecule has 3 nitrogen and oxygen atoms in total. The first-order chi connectivity index (χ1) is 6.02. The van der Waals surface area contributed by atoms with Gasteiger partial charge in [0.2, 0.25) is 0 Å². The Bertz CT molecular complexity index is 297. The number of benzene rings is 1. The van der Waals surface area contributed by atoms with Crippen molar-refractivity contribution in [1.29, 1.82) is 0 Å². The van der Waals surface area contributed by atoms with Crippen molar-refractivity contribution >= 4 is 5.69 Å². The van der Waals surface area contributed by atoms with Gasteiger partial charge in [0.15, 0.2) is 0 Å². The summed E-state index contributed by atoms with van der Waals surface area (Å²) in [6, 6.07) is 5.26. The van der Waals surface area contributed by atoms with Crippen molar-refractivity contribution in [3.63, 3.8) is 0 Å². The van der Waals surface area contributed by atoms with E-state index >= 15 is 0 Å². The van der Waals surface area contributed by atoms with Crippen molar-refractivity contribution in [2.45, 2.75) is 26.0 Å². The number of anilines is 1. The van der Waals surface area contributed by atoms with Crippen LogP contribution in [0.2, 0.25) is 0 Å². The third kappa shape index (κ3) is 2.20. The Morgan fingerprint density at radius 3 is 2.46 bits per heavy atom. The highest BCUT2D eigenvalue weighted by atomic mass is 16.3. The van der Waals surface area contributed by atoms with E-state index in [1.165, 1.54) is 0 Å². The molecule has 5 N–H and O–H groups in total. The van der Waals surface area contributed by atoms with Gasteiger partial charge in [-0.15, -0.1) is 0 Å². The first-order valence-electron chi connectivity index (χ1n) is 4.32. The first-order valence-corrected chi connectivity index (χ1v) is 4.32. The lowest BCUT2D eigenvalue weighted by Gasteiger charge is -2.15. The monoisotopic (exact) mass is 180 g/mol. The second-order valence-electron chi connectivity index (χ2n) is 3.38. The predicted molar refractivity (Wildman–Crippen MR) is 54.2 cm³/mol. The fourth-order valence-electron chi connectivity index (χ4n) is 1.14. The number of nitrogens with two attached hydrogens (primary N) is 2. The van der Waals surface area contributed by atoms with Crippen molar-refractivity contribution in [3.8, 4) is 0 Å². The van der Waals surface area contributed by atoms with Gasteiger partial charge in [0.1, 0.15) is 0 Å². The maximum atomic E-state index is 9.27. The normalized spacial score (nSPS) is 15.4. The SMILES string of the molecule is Cc1ccc(C(N)C(C)O)cc1N. The highest BCUT2D eigenvalue weighted by Crippen LogP contribution is 2.19. The second kappa shape index (κ2) is 3.77. The number of aryl methyl sites for hydroxylation is 1. The van der Waals surface area contributed by atoms with E-state index in [-0.39, 0.29) is 6.04 Å². The summed E-state index contributed by atoms with van der Waals surface area (Å²) in [6.07, 6.45) is -0.554. The molecule has 0 aliphatic heterocycles. The molecule has 0 aromatic heterocycles. The number of nitrogen functional groups attached to an aromatic ring is 1. The van der Waals surface area contributed by atoms with E-state index in [1.807, 2.05) is 25.1 Å². The molecular weight excluding hydrogens is 164 g/mol. The molecule has 1 aromatic carbocycles. The lowest BCUT2D eigenvalue weighted by Crippen LogP contribution is -2.23. The molecule has 0 aliphatic carbocycles. The van der Waals surface area contributed by atoms with Gasteiger partial charge in [-0.05, 0) is 31.0 Å². The maximum absolute atomic E-state index is 9.27. The summed E-state index contributed by atoms with van der Waals surface area (Å²) in [6.45, 7) is 3.60. The van der Waals surface area contributed by atoms with Gasteiger partial charge in [-0.3, -0.25) is 0 Å². The van der Waals surface area contributed by atoms with E-state index in [1.54, 1.807) is 6.92 Å². The van der Waals surface area contributed by atoms with E-state index in [4.69, 9.17) is 11.5 Å². The topological polar surface area (TPSA) is 72.3 Å². The third-order valence-electron chi connectivity index (χ3n) is 2.21. The van der Waals surface area contributed by atoms with Gasteiger partial charge in [0.25, 0.3) is 0 Å². The molecule has 1 rings (SSSR count). The van der Waals surface area contributed by atoms with Crippen LogP contribution >= 0.6 is 0 Å². The molecule has 2 unspecified atom stereocenters. The summed E-state index contributed by atoms with van der Waals surface area (Å²) < 4.78 is 0. The molecule has 0 saturated carbocycles. The Morgan fingerprint density at radius 2 is 2.00 bits per heavy atom. The van der Waals surface area contributed by atoms with Crippen molar-refractivity contribution in [1.82, 2.24) is 0 Å². The Labute approximate surface area is 78.4 Å². The van der Waals surface area contributed by atoms with E-state index < -0.39 is 6.10 Å². The molecule has 2 atom stereocenters. The van der Waals surface area contributed by atoms with Gasteiger partial charge in [0.05, 0.1) is 12.1 Å². The molecule has 0 spiro atoms. The Hall–Kier alpha value is -1.06. The number of aliphatic hydroxyl groups excluding tert-OH is 1. The van der Waals surface area contributed by atoms with Crippen molar-refractivity contribution in [2.24, 2.45) is 5.73 Å². The minimum atomic E-state index is -0.554. The quantitative estimate of drug-likeness (QED) is 0.593. The van der Waals surface area contributed by atoms with Crippen LogP contribution in [0.15, 0.2) is 18.2 Å². The average molecular weight is 180 g/mol. The molecule has 0 saturated heterocycles. The summed E-state index contributed by atoms with van der Waals surface area (Å²) in [5.41, 5.74) is 14.1. The molecule has 3 heteroatoms. The zero-order valence-corrected chi connectivity index (χ0v) is 7.99. The van der Waals surface area contributed by atoms with Crippen LogP contribution in [0.3, 0.4) is 0 Å². The number of hydrogen-bond acceptors (Lipinski definition) is 3. The molecule has 0 radical (unpaired) electrons. The smallest absolute Gasteiger partial charge is 0.0704 e. The Kier molecular flexibility index (Phi) is 2.90. The fraction of sp³-hybridized carbons (Fsp3) is 0.400.